The van der Waals surface area contributed by atoms with Crippen molar-refractivity contribution in [2.24, 2.45) is 10.7 Å². The summed E-state index contributed by atoms with van der Waals surface area (Å²) in [5.74, 6) is 0.284. The molecule has 0 spiro atoms. The molecule has 2 aromatic carbocycles. The first-order chi connectivity index (χ1) is 14.4. The second kappa shape index (κ2) is 9.87. The van der Waals surface area contributed by atoms with E-state index in [0.29, 0.717) is 24.6 Å². The van der Waals surface area contributed by atoms with Crippen LogP contribution in [0.5, 0.6) is 0 Å². The van der Waals surface area contributed by atoms with E-state index in [4.69, 9.17) is 5.73 Å². The van der Waals surface area contributed by atoms with Gasteiger partial charge in [0.05, 0.1) is 0 Å². The number of amidine groups is 1. The van der Waals surface area contributed by atoms with Gasteiger partial charge < -0.3 is 11.1 Å². The highest BCUT2D eigenvalue weighted by atomic mass is 16.2. The van der Waals surface area contributed by atoms with Crippen LogP contribution in [0.15, 0.2) is 65.3 Å². The van der Waals surface area contributed by atoms with E-state index in [0.717, 1.165) is 28.8 Å². The van der Waals surface area contributed by atoms with Gasteiger partial charge in [-0.25, -0.2) is 0 Å². The van der Waals surface area contributed by atoms with Crippen LogP contribution in [0.25, 0.3) is 11.1 Å². The molecule has 0 aliphatic carbocycles. The quantitative estimate of drug-likeness (QED) is 0.766. The van der Waals surface area contributed by atoms with Crippen LogP contribution in [0.3, 0.4) is 0 Å². The van der Waals surface area contributed by atoms with Crippen molar-refractivity contribution in [3.8, 4) is 11.1 Å². The van der Waals surface area contributed by atoms with Gasteiger partial charge in [-0.15, -0.1) is 0 Å². The van der Waals surface area contributed by atoms with Crippen molar-refractivity contribution in [3.05, 3.63) is 65.9 Å². The fraction of sp³-hybridized carbons (Fsp3) is 0.292. The lowest BCUT2D eigenvalue weighted by molar-refractivity contribution is -0.129. The number of hydrogen-bond donors (Lipinski definition) is 2. The molecule has 6 heteroatoms. The van der Waals surface area contributed by atoms with E-state index in [1.165, 1.54) is 0 Å². The molecule has 2 amide bonds. The molecule has 30 heavy (non-hydrogen) atoms. The van der Waals surface area contributed by atoms with Crippen molar-refractivity contribution in [3.63, 3.8) is 0 Å². The number of rotatable bonds is 6. The number of carbonyl (C=O) groups is 2. The Morgan fingerprint density at radius 3 is 2.63 bits per heavy atom. The molecule has 1 heterocycles. The summed E-state index contributed by atoms with van der Waals surface area (Å²) in [6, 6.07) is 16.0. The largest absolute Gasteiger partial charge is 0.402 e. The lowest BCUT2D eigenvalue weighted by Gasteiger charge is -2.26. The number of benzene rings is 2. The number of nitrogens with zero attached hydrogens (tertiary/aromatic N) is 2. The summed E-state index contributed by atoms with van der Waals surface area (Å²) < 4.78 is 0. The molecule has 0 atom stereocenters. The fourth-order valence-electron chi connectivity index (χ4n) is 3.46. The molecule has 1 aliphatic rings. The molecule has 0 fully saturated rings. The lowest BCUT2D eigenvalue weighted by Crippen LogP contribution is -2.40. The number of allylic oxidation sites excluding steroid dienone is 1. The normalized spacial score (nSPS) is 14.3. The minimum atomic E-state index is -0.184. The Balaban J connectivity index is 1.57. The van der Waals surface area contributed by atoms with Gasteiger partial charge in [0, 0.05) is 37.3 Å². The highest BCUT2D eigenvalue weighted by Gasteiger charge is 2.21. The van der Waals surface area contributed by atoms with Gasteiger partial charge in [-0.2, -0.15) is 0 Å². The van der Waals surface area contributed by atoms with Crippen molar-refractivity contribution >= 4 is 23.3 Å². The molecule has 3 N–H and O–H groups in total. The number of hydrogen-bond acceptors (Lipinski definition) is 4. The van der Waals surface area contributed by atoms with E-state index in [9.17, 15) is 9.59 Å². The van der Waals surface area contributed by atoms with E-state index in [-0.39, 0.29) is 24.7 Å². The minimum absolute atomic E-state index is 0.114. The Morgan fingerprint density at radius 2 is 1.93 bits per heavy atom. The average molecular weight is 405 g/mol. The Morgan fingerprint density at radius 1 is 1.17 bits per heavy atom. The van der Waals surface area contributed by atoms with Crippen molar-refractivity contribution < 1.29 is 9.59 Å². The zero-order valence-corrected chi connectivity index (χ0v) is 17.5. The van der Waals surface area contributed by atoms with Gasteiger partial charge in [0.1, 0.15) is 5.84 Å². The van der Waals surface area contributed by atoms with Crippen LogP contribution in [0.4, 0.5) is 5.69 Å². The number of anilines is 1. The zero-order chi connectivity index (χ0) is 21.5. The number of nitrogens with one attached hydrogen (secondary N) is 1. The van der Waals surface area contributed by atoms with Crippen LogP contribution < -0.4 is 11.1 Å². The summed E-state index contributed by atoms with van der Waals surface area (Å²) in [5.41, 5.74) is 10.4. The Bertz CT molecular complexity index is 976. The van der Waals surface area contributed by atoms with E-state index >= 15 is 0 Å². The van der Waals surface area contributed by atoms with Crippen molar-refractivity contribution in [2.45, 2.75) is 33.1 Å². The smallest absolute Gasteiger partial charge is 0.228 e. The Labute approximate surface area is 177 Å². The molecule has 2 aromatic rings. The number of carbonyl (C=O) groups excluding carboxylic acids is 2. The SMILES string of the molecule is CC(N)=CC1=NCCCN1C(=O)CCC(=O)Nc1ccc(-c2ccccc2)c(C)c1. The van der Waals surface area contributed by atoms with E-state index < -0.39 is 0 Å². The first kappa shape index (κ1) is 21.3. The van der Waals surface area contributed by atoms with Gasteiger partial charge in [-0.3, -0.25) is 19.5 Å². The molecule has 0 aromatic heterocycles. The van der Waals surface area contributed by atoms with Gasteiger partial charge in [0.2, 0.25) is 11.8 Å². The second-order valence-electron chi connectivity index (χ2n) is 7.47. The second-order valence-corrected chi connectivity index (χ2v) is 7.47. The van der Waals surface area contributed by atoms with Gasteiger partial charge in [-0.05, 0) is 55.2 Å². The van der Waals surface area contributed by atoms with Crippen molar-refractivity contribution in [1.82, 2.24) is 4.90 Å². The van der Waals surface area contributed by atoms with Gasteiger partial charge >= 0.3 is 0 Å². The molecule has 1 aliphatic heterocycles. The molecular formula is C24H28N4O2. The molecule has 0 unspecified atom stereocenters. The third-order valence-corrected chi connectivity index (χ3v) is 4.91. The van der Waals surface area contributed by atoms with E-state index in [2.05, 4.69) is 22.4 Å². The molecule has 6 nitrogen and oxygen atoms in total. The van der Waals surface area contributed by atoms with Gasteiger partial charge in [0.25, 0.3) is 0 Å². The highest BCUT2D eigenvalue weighted by Crippen LogP contribution is 2.25. The monoisotopic (exact) mass is 404 g/mol. The fourth-order valence-corrected chi connectivity index (χ4v) is 3.46. The maximum absolute atomic E-state index is 12.6. The van der Waals surface area contributed by atoms with Crippen LogP contribution in [0.1, 0.15) is 31.7 Å². The van der Waals surface area contributed by atoms with Crippen molar-refractivity contribution in [1.29, 1.82) is 0 Å². The number of nitrogens with two attached hydrogens (primary N) is 1. The summed E-state index contributed by atoms with van der Waals surface area (Å²) in [4.78, 5) is 31.0. The van der Waals surface area contributed by atoms with Crippen LogP contribution in [-0.4, -0.2) is 35.6 Å². The summed E-state index contributed by atoms with van der Waals surface area (Å²) >= 11 is 0. The third-order valence-electron chi connectivity index (χ3n) is 4.91. The van der Waals surface area contributed by atoms with Crippen LogP contribution in [0.2, 0.25) is 0 Å². The summed E-state index contributed by atoms with van der Waals surface area (Å²) in [6.07, 6.45) is 2.76. The maximum Gasteiger partial charge on any atom is 0.228 e. The Kier molecular flexibility index (Phi) is 7.01. The predicted molar refractivity (Wildman–Crippen MR) is 121 cm³/mol. The molecule has 3 rings (SSSR count). The number of aliphatic imine (C=N–C) groups is 1. The summed E-state index contributed by atoms with van der Waals surface area (Å²) in [5, 5.41) is 2.89. The van der Waals surface area contributed by atoms with Crippen LogP contribution in [-0.2, 0) is 9.59 Å². The van der Waals surface area contributed by atoms with Crippen LogP contribution in [0, 0.1) is 6.92 Å². The first-order valence-electron chi connectivity index (χ1n) is 10.2. The van der Waals surface area contributed by atoms with Gasteiger partial charge in [-0.1, -0.05) is 36.4 Å². The van der Waals surface area contributed by atoms with E-state index in [1.54, 1.807) is 17.9 Å². The number of amides is 2. The molecule has 156 valence electrons. The molecule has 0 saturated heterocycles. The standard InChI is InChI=1S/C24H28N4O2/c1-17-15-20(9-10-21(17)19-7-4-3-5-8-19)27-23(29)11-12-24(30)28-14-6-13-26-22(28)16-18(2)25/h3-5,7-10,15-16H,6,11-14,25H2,1-2H3,(H,27,29). The summed E-state index contributed by atoms with van der Waals surface area (Å²) in [7, 11) is 0. The van der Waals surface area contributed by atoms with Crippen LogP contribution >= 0.6 is 0 Å². The summed E-state index contributed by atoms with van der Waals surface area (Å²) in [6.45, 7) is 5.06. The molecule has 0 radical (unpaired) electrons. The van der Waals surface area contributed by atoms with Gasteiger partial charge in [0.15, 0.2) is 0 Å². The van der Waals surface area contributed by atoms with E-state index in [1.807, 2.05) is 43.3 Å². The number of aryl methyl sites for hydroxylation is 1. The molecular weight excluding hydrogens is 376 g/mol. The Hall–Kier alpha value is -3.41. The maximum atomic E-state index is 12.6. The first-order valence-corrected chi connectivity index (χ1v) is 10.2. The average Bonchev–Trinajstić information content (AvgIpc) is 2.73. The third kappa shape index (κ3) is 5.56. The molecule has 0 saturated carbocycles. The predicted octanol–water partition coefficient (Wildman–Crippen LogP) is 3.87. The minimum Gasteiger partial charge on any atom is -0.402 e. The highest BCUT2D eigenvalue weighted by molar-refractivity contribution is 6.05. The zero-order valence-electron chi connectivity index (χ0n) is 17.5. The van der Waals surface area contributed by atoms with Crippen molar-refractivity contribution in [2.75, 3.05) is 18.4 Å². The topological polar surface area (TPSA) is 87.8 Å². The lowest BCUT2D eigenvalue weighted by atomic mass is 10.00. The molecule has 0 bridgehead atoms.